The first-order chi connectivity index (χ1) is 11.0. The van der Waals surface area contributed by atoms with E-state index in [1.54, 1.807) is 19.1 Å². The summed E-state index contributed by atoms with van der Waals surface area (Å²) in [5, 5.41) is 14.6. The summed E-state index contributed by atoms with van der Waals surface area (Å²) in [6, 6.07) is 5.25. The average molecular weight is 320 g/mol. The van der Waals surface area contributed by atoms with Crippen LogP contribution in [0.1, 0.15) is 25.5 Å². The molecule has 1 aromatic rings. The lowest BCUT2D eigenvalue weighted by Gasteiger charge is -2.28. The standard InChI is InChI=1S/C16H20N2O5/c1-3-22-8-9-23-15(20)13-10(2)17-16(21)18-14(13)11-4-6-12(19)7-5-11/h4-7,14,19H,3,8-9H2,1-2H3,(H2,17,18,21)/t14-/m1/s1. The molecule has 1 aromatic carbocycles. The number of hydrogen-bond donors (Lipinski definition) is 3. The van der Waals surface area contributed by atoms with Crippen LogP contribution < -0.4 is 10.6 Å². The number of carbonyl (C=O) groups excluding carboxylic acids is 2. The van der Waals surface area contributed by atoms with Gasteiger partial charge in [0.05, 0.1) is 18.2 Å². The number of phenols is 1. The maximum absolute atomic E-state index is 12.4. The minimum Gasteiger partial charge on any atom is -0.508 e. The highest BCUT2D eigenvalue weighted by molar-refractivity contribution is 5.95. The van der Waals surface area contributed by atoms with Crippen LogP contribution in [-0.4, -0.2) is 36.9 Å². The number of aromatic hydroxyl groups is 1. The molecule has 0 unspecified atom stereocenters. The zero-order chi connectivity index (χ0) is 16.8. The van der Waals surface area contributed by atoms with Crippen molar-refractivity contribution < 1.29 is 24.2 Å². The predicted octanol–water partition coefficient (Wildman–Crippen LogP) is 1.60. The predicted molar refractivity (Wildman–Crippen MR) is 82.7 cm³/mol. The Morgan fingerprint density at radius 2 is 1.96 bits per heavy atom. The van der Waals surface area contributed by atoms with Crippen LogP contribution in [0.2, 0.25) is 0 Å². The SMILES string of the molecule is CCOCCOC(=O)C1=C(C)NC(=O)N[C@@H]1c1ccc(O)cc1. The van der Waals surface area contributed by atoms with E-state index in [4.69, 9.17) is 9.47 Å². The first-order valence-corrected chi connectivity index (χ1v) is 7.35. The molecule has 1 aliphatic rings. The lowest BCUT2D eigenvalue weighted by atomic mass is 9.95. The van der Waals surface area contributed by atoms with Crippen molar-refractivity contribution in [3.63, 3.8) is 0 Å². The monoisotopic (exact) mass is 320 g/mol. The lowest BCUT2D eigenvalue weighted by molar-refractivity contribution is -0.141. The van der Waals surface area contributed by atoms with Crippen molar-refractivity contribution in [1.29, 1.82) is 0 Å². The average Bonchev–Trinajstić information content (AvgIpc) is 2.51. The lowest BCUT2D eigenvalue weighted by Crippen LogP contribution is -2.45. The molecule has 23 heavy (non-hydrogen) atoms. The molecule has 2 amide bonds. The number of ether oxygens (including phenoxy) is 2. The van der Waals surface area contributed by atoms with Crippen molar-refractivity contribution in [1.82, 2.24) is 10.6 Å². The number of esters is 1. The van der Waals surface area contributed by atoms with Gasteiger partial charge in [0.15, 0.2) is 0 Å². The molecule has 0 saturated heterocycles. The van der Waals surface area contributed by atoms with Crippen LogP contribution in [0.15, 0.2) is 35.5 Å². The van der Waals surface area contributed by atoms with Crippen molar-refractivity contribution >= 4 is 12.0 Å². The summed E-state index contributed by atoms with van der Waals surface area (Å²) in [7, 11) is 0. The van der Waals surface area contributed by atoms with Crippen molar-refractivity contribution in [2.75, 3.05) is 19.8 Å². The Bertz CT molecular complexity index is 609. The molecular weight excluding hydrogens is 300 g/mol. The van der Waals surface area contributed by atoms with E-state index < -0.39 is 18.0 Å². The minimum absolute atomic E-state index is 0.107. The molecule has 3 N–H and O–H groups in total. The molecule has 0 aromatic heterocycles. The van der Waals surface area contributed by atoms with Crippen LogP contribution in [0.4, 0.5) is 4.79 Å². The van der Waals surface area contributed by atoms with Gasteiger partial charge in [-0.25, -0.2) is 9.59 Å². The van der Waals surface area contributed by atoms with Gasteiger partial charge in [0.2, 0.25) is 0 Å². The molecule has 0 radical (unpaired) electrons. The van der Waals surface area contributed by atoms with E-state index in [1.807, 2.05) is 6.92 Å². The number of hydrogen-bond acceptors (Lipinski definition) is 5. The third-order valence-corrected chi connectivity index (χ3v) is 3.38. The second-order valence-electron chi connectivity index (χ2n) is 4.99. The second-order valence-corrected chi connectivity index (χ2v) is 4.99. The number of phenolic OH excluding ortho intramolecular Hbond substituents is 1. The number of carbonyl (C=O) groups is 2. The number of rotatable bonds is 6. The summed E-state index contributed by atoms with van der Waals surface area (Å²) in [4.78, 5) is 24.1. The van der Waals surface area contributed by atoms with Crippen molar-refractivity contribution in [2.45, 2.75) is 19.9 Å². The maximum atomic E-state index is 12.4. The molecular formula is C16H20N2O5. The van der Waals surface area contributed by atoms with E-state index in [0.29, 0.717) is 30.0 Å². The Kier molecular flexibility index (Phi) is 5.59. The smallest absolute Gasteiger partial charge is 0.338 e. The number of allylic oxidation sites excluding steroid dienone is 1. The van der Waals surface area contributed by atoms with Gasteiger partial charge in [0.1, 0.15) is 12.4 Å². The Hall–Kier alpha value is -2.54. The summed E-state index contributed by atoms with van der Waals surface area (Å²) in [5.41, 5.74) is 1.44. The van der Waals surface area contributed by atoms with Crippen LogP contribution in [0.25, 0.3) is 0 Å². The molecule has 1 atom stereocenters. The molecule has 7 nitrogen and oxygen atoms in total. The molecule has 0 spiro atoms. The van der Waals surface area contributed by atoms with Crippen LogP contribution in [0.5, 0.6) is 5.75 Å². The quantitative estimate of drug-likeness (QED) is 0.546. The van der Waals surface area contributed by atoms with Crippen molar-refractivity contribution in [3.05, 3.63) is 41.1 Å². The summed E-state index contributed by atoms with van der Waals surface area (Å²) < 4.78 is 10.3. The molecule has 1 aliphatic heterocycles. The molecule has 0 aliphatic carbocycles. The van der Waals surface area contributed by atoms with E-state index in [2.05, 4.69) is 10.6 Å². The zero-order valence-corrected chi connectivity index (χ0v) is 13.1. The van der Waals surface area contributed by atoms with Crippen LogP contribution >= 0.6 is 0 Å². The van der Waals surface area contributed by atoms with Gasteiger partial charge < -0.3 is 25.2 Å². The fourth-order valence-electron chi connectivity index (χ4n) is 2.30. The van der Waals surface area contributed by atoms with Crippen LogP contribution in [-0.2, 0) is 14.3 Å². The molecule has 7 heteroatoms. The number of nitrogens with one attached hydrogen (secondary N) is 2. The van der Waals surface area contributed by atoms with Crippen LogP contribution in [0.3, 0.4) is 0 Å². The van der Waals surface area contributed by atoms with E-state index in [9.17, 15) is 14.7 Å². The van der Waals surface area contributed by atoms with Gasteiger partial charge in [-0.05, 0) is 31.5 Å². The highest BCUT2D eigenvalue weighted by atomic mass is 16.6. The summed E-state index contributed by atoms with van der Waals surface area (Å²) in [5.74, 6) is -0.414. The van der Waals surface area contributed by atoms with E-state index >= 15 is 0 Å². The number of amides is 2. The van der Waals surface area contributed by atoms with Gasteiger partial charge in [0, 0.05) is 12.3 Å². The zero-order valence-electron chi connectivity index (χ0n) is 13.1. The van der Waals surface area contributed by atoms with E-state index in [1.165, 1.54) is 12.1 Å². The fourth-order valence-corrected chi connectivity index (χ4v) is 2.30. The molecule has 124 valence electrons. The first-order valence-electron chi connectivity index (χ1n) is 7.35. The summed E-state index contributed by atoms with van der Waals surface area (Å²) in [6.07, 6.45) is 0. The Labute approximate surface area is 134 Å². The second kappa shape index (κ2) is 7.64. The highest BCUT2D eigenvalue weighted by Crippen LogP contribution is 2.28. The van der Waals surface area contributed by atoms with Crippen molar-refractivity contribution in [3.8, 4) is 5.75 Å². The van der Waals surface area contributed by atoms with Gasteiger partial charge in [-0.3, -0.25) is 0 Å². The largest absolute Gasteiger partial charge is 0.508 e. The Balaban J connectivity index is 2.20. The molecule has 0 bridgehead atoms. The molecule has 0 saturated carbocycles. The van der Waals surface area contributed by atoms with Gasteiger partial charge in [-0.15, -0.1) is 0 Å². The molecule has 1 heterocycles. The van der Waals surface area contributed by atoms with Gasteiger partial charge in [0.25, 0.3) is 0 Å². The topological polar surface area (TPSA) is 96.9 Å². The van der Waals surface area contributed by atoms with E-state index in [0.717, 1.165) is 0 Å². The third-order valence-electron chi connectivity index (χ3n) is 3.38. The first kappa shape index (κ1) is 16.8. The third kappa shape index (κ3) is 4.23. The van der Waals surface area contributed by atoms with Crippen LogP contribution in [0, 0.1) is 0 Å². The normalized spacial score (nSPS) is 17.5. The minimum atomic E-state index is -0.635. The molecule has 0 fully saturated rings. The number of urea groups is 1. The molecule has 2 rings (SSSR count). The summed E-state index contributed by atoms with van der Waals surface area (Å²) in [6.45, 7) is 4.51. The van der Waals surface area contributed by atoms with Gasteiger partial charge in [-0.2, -0.15) is 0 Å². The van der Waals surface area contributed by atoms with Gasteiger partial charge in [-0.1, -0.05) is 12.1 Å². The Morgan fingerprint density at radius 3 is 2.61 bits per heavy atom. The summed E-state index contributed by atoms with van der Waals surface area (Å²) >= 11 is 0. The fraction of sp³-hybridized carbons (Fsp3) is 0.375. The maximum Gasteiger partial charge on any atom is 0.338 e. The Morgan fingerprint density at radius 1 is 1.26 bits per heavy atom. The number of benzene rings is 1. The van der Waals surface area contributed by atoms with Gasteiger partial charge >= 0.3 is 12.0 Å². The highest BCUT2D eigenvalue weighted by Gasteiger charge is 2.32. The van der Waals surface area contributed by atoms with E-state index in [-0.39, 0.29) is 12.4 Å². The van der Waals surface area contributed by atoms with Crippen molar-refractivity contribution in [2.24, 2.45) is 0 Å².